The predicted octanol–water partition coefficient (Wildman–Crippen LogP) is 4.37. The van der Waals surface area contributed by atoms with Gasteiger partial charge in [-0.2, -0.15) is 0 Å². The number of carbonyl (C=O) groups excluding carboxylic acids is 1. The van der Waals surface area contributed by atoms with E-state index in [2.05, 4.69) is 4.99 Å². The van der Waals surface area contributed by atoms with Gasteiger partial charge in [-0.05, 0) is 56.0 Å². The molecule has 40 heavy (non-hydrogen) atoms. The average Bonchev–Trinajstić information content (AvgIpc) is 3.27. The lowest BCUT2D eigenvalue weighted by molar-refractivity contribution is -0.139. The number of carbonyl (C=O) groups is 1. The fraction of sp³-hybridized carbons (Fsp3) is 0.258. The Hall–Kier alpha value is -4.37. The van der Waals surface area contributed by atoms with Crippen LogP contribution in [0.1, 0.15) is 37.9 Å². The van der Waals surface area contributed by atoms with Crippen molar-refractivity contribution in [2.45, 2.75) is 26.8 Å². The molecular formula is C31H30N2O6S. The van der Waals surface area contributed by atoms with Crippen molar-refractivity contribution in [2.24, 2.45) is 4.99 Å². The van der Waals surface area contributed by atoms with Crippen LogP contribution in [0.15, 0.2) is 75.7 Å². The summed E-state index contributed by atoms with van der Waals surface area (Å²) in [5.41, 5.74) is 2.01. The summed E-state index contributed by atoms with van der Waals surface area (Å²) in [4.78, 5) is 32.5. The highest BCUT2D eigenvalue weighted by Gasteiger charge is 2.35. The van der Waals surface area contributed by atoms with Crippen LogP contribution >= 0.6 is 11.3 Å². The molecule has 5 rings (SSSR count). The zero-order chi connectivity index (χ0) is 28.4. The fourth-order valence-electron chi connectivity index (χ4n) is 4.97. The smallest absolute Gasteiger partial charge is 0.338 e. The Morgan fingerprint density at radius 2 is 1.77 bits per heavy atom. The van der Waals surface area contributed by atoms with Crippen molar-refractivity contribution in [3.05, 3.63) is 96.7 Å². The van der Waals surface area contributed by atoms with Crippen molar-refractivity contribution in [3.63, 3.8) is 0 Å². The number of rotatable bonds is 8. The molecule has 4 aromatic rings. The number of allylic oxidation sites excluding steroid dienone is 1. The number of aromatic nitrogens is 1. The van der Waals surface area contributed by atoms with Crippen molar-refractivity contribution < 1.29 is 23.7 Å². The molecule has 0 saturated carbocycles. The summed E-state index contributed by atoms with van der Waals surface area (Å²) in [5, 5.41) is 1.93. The minimum Gasteiger partial charge on any atom is -0.497 e. The molecule has 0 saturated heterocycles. The molecule has 0 fully saturated rings. The lowest BCUT2D eigenvalue weighted by Crippen LogP contribution is -2.40. The van der Waals surface area contributed by atoms with E-state index < -0.39 is 12.0 Å². The van der Waals surface area contributed by atoms with Crippen LogP contribution in [-0.4, -0.2) is 38.0 Å². The SMILES string of the molecule is CCOC(=O)C1=C(C)N=c2sc(=Cc3ccc(OCC)c4ccccc34)c(=O)n2C1c1ccc(OC)cc1OC. The van der Waals surface area contributed by atoms with Gasteiger partial charge in [0.1, 0.15) is 23.3 Å². The molecule has 1 unspecified atom stereocenters. The molecule has 1 aromatic heterocycles. The van der Waals surface area contributed by atoms with Crippen LogP contribution in [0.3, 0.4) is 0 Å². The summed E-state index contributed by atoms with van der Waals surface area (Å²) < 4.78 is 24.3. The summed E-state index contributed by atoms with van der Waals surface area (Å²) in [6.45, 7) is 6.19. The fourth-order valence-corrected chi connectivity index (χ4v) is 6.01. The number of methoxy groups -OCH3 is 2. The summed E-state index contributed by atoms with van der Waals surface area (Å²) in [6.07, 6.45) is 1.87. The average molecular weight is 559 g/mol. The highest BCUT2D eigenvalue weighted by atomic mass is 32.1. The zero-order valence-corrected chi connectivity index (χ0v) is 23.8. The molecule has 0 spiro atoms. The number of fused-ring (bicyclic) bond motifs is 2. The molecule has 0 bridgehead atoms. The lowest BCUT2D eigenvalue weighted by Gasteiger charge is -2.26. The normalized spacial score (nSPS) is 15.0. The van der Waals surface area contributed by atoms with Crippen LogP contribution in [0.25, 0.3) is 16.8 Å². The van der Waals surface area contributed by atoms with Gasteiger partial charge in [0.2, 0.25) is 0 Å². The maximum atomic E-state index is 14.1. The van der Waals surface area contributed by atoms with Gasteiger partial charge in [-0.1, -0.05) is 41.7 Å². The Balaban J connectivity index is 1.76. The second-order valence-electron chi connectivity index (χ2n) is 9.04. The van der Waals surface area contributed by atoms with Crippen molar-refractivity contribution in [2.75, 3.05) is 27.4 Å². The highest BCUT2D eigenvalue weighted by Crippen LogP contribution is 2.37. The first kappa shape index (κ1) is 27.2. The van der Waals surface area contributed by atoms with Crippen LogP contribution < -0.4 is 29.1 Å². The van der Waals surface area contributed by atoms with Gasteiger partial charge in [-0.15, -0.1) is 0 Å². The van der Waals surface area contributed by atoms with Gasteiger partial charge in [-0.3, -0.25) is 9.36 Å². The van der Waals surface area contributed by atoms with E-state index in [9.17, 15) is 9.59 Å². The quantitative estimate of drug-likeness (QED) is 0.299. The molecule has 0 aliphatic carbocycles. The molecular weight excluding hydrogens is 528 g/mol. The van der Waals surface area contributed by atoms with Gasteiger partial charge in [-0.25, -0.2) is 9.79 Å². The minimum absolute atomic E-state index is 0.192. The third-order valence-corrected chi connectivity index (χ3v) is 7.74. The van der Waals surface area contributed by atoms with E-state index in [1.165, 1.54) is 11.3 Å². The highest BCUT2D eigenvalue weighted by molar-refractivity contribution is 7.07. The summed E-state index contributed by atoms with van der Waals surface area (Å²) in [7, 11) is 3.11. The molecule has 0 amide bonds. The summed E-state index contributed by atoms with van der Waals surface area (Å²) in [5.74, 6) is 1.33. The van der Waals surface area contributed by atoms with Gasteiger partial charge in [0.15, 0.2) is 4.80 Å². The van der Waals surface area contributed by atoms with Crippen LogP contribution in [-0.2, 0) is 9.53 Å². The standard InChI is InChI=1S/C31H30N2O6S/c1-6-38-24-15-12-19(21-10-8-9-11-22(21)24)16-26-29(34)33-28(23-14-13-20(36-4)17-25(23)37-5)27(30(35)39-7-2)18(3)32-31(33)40-26/h8-17,28H,6-7H2,1-5H3. The maximum absolute atomic E-state index is 14.1. The number of hydrogen-bond acceptors (Lipinski definition) is 8. The maximum Gasteiger partial charge on any atom is 0.338 e. The second kappa shape index (κ2) is 11.4. The molecule has 1 aliphatic rings. The van der Waals surface area contributed by atoms with Crippen molar-refractivity contribution in [1.29, 1.82) is 0 Å². The molecule has 9 heteroatoms. The Labute approximate surface area is 235 Å². The van der Waals surface area contributed by atoms with Crippen LogP contribution in [0, 0.1) is 0 Å². The van der Waals surface area contributed by atoms with E-state index >= 15 is 0 Å². The number of hydrogen-bond donors (Lipinski definition) is 0. The molecule has 0 radical (unpaired) electrons. The second-order valence-corrected chi connectivity index (χ2v) is 10.1. The van der Waals surface area contributed by atoms with E-state index in [-0.39, 0.29) is 17.7 Å². The van der Waals surface area contributed by atoms with Crippen molar-refractivity contribution in [3.8, 4) is 17.2 Å². The first-order valence-electron chi connectivity index (χ1n) is 13.0. The van der Waals surface area contributed by atoms with E-state index in [1.54, 1.807) is 50.8 Å². The molecule has 1 aliphatic heterocycles. The Morgan fingerprint density at radius 1 is 1.00 bits per heavy atom. The zero-order valence-electron chi connectivity index (χ0n) is 23.0. The molecule has 8 nitrogen and oxygen atoms in total. The van der Waals surface area contributed by atoms with E-state index in [0.29, 0.717) is 38.7 Å². The Kier molecular flexibility index (Phi) is 7.75. The predicted molar refractivity (Wildman–Crippen MR) is 155 cm³/mol. The van der Waals surface area contributed by atoms with E-state index in [0.717, 1.165) is 22.1 Å². The first-order chi connectivity index (χ1) is 19.4. The van der Waals surface area contributed by atoms with E-state index in [1.807, 2.05) is 49.4 Å². The molecule has 1 atom stereocenters. The number of nitrogens with zero attached hydrogens (tertiary/aromatic N) is 2. The number of ether oxygens (including phenoxy) is 4. The van der Waals surface area contributed by atoms with Gasteiger partial charge in [0.25, 0.3) is 5.56 Å². The van der Waals surface area contributed by atoms with Crippen LogP contribution in [0.5, 0.6) is 17.2 Å². The Bertz CT molecular complexity index is 1820. The van der Waals surface area contributed by atoms with Crippen molar-refractivity contribution >= 4 is 34.2 Å². The third kappa shape index (κ3) is 4.77. The number of esters is 1. The molecule has 0 N–H and O–H groups in total. The lowest BCUT2D eigenvalue weighted by atomic mass is 9.95. The van der Waals surface area contributed by atoms with Crippen LogP contribution in [0.2, 0.25) is 0 Å². The first-order valence-corrected chi connectivity index (χ1v) is 13.8. The summed E-state index contributed by atoms with van der Waals surface area (Å²) in [6, 6.07) is 16.3. The topological polar surface area (TPSA) is 88.4 Å². The monoisotopic (exact) mass is 558 g/mol. The number of benzene rings is 3. The molecule has 3 aromatic carbocycles. The van der Waals surface area contributed by atoms with Gasteiger partial charge in [0.05, 0.1) is 43.2 Å². The largest absolute Gasteiger partial charge is 0.497 e. The third-order valence-electron chi connectivity index (χ3n) is 6.76. The van der Waals surface area contributed by atoms with Crippen LogP contribution in [0.4, 0.5) is 0 Å². The van der Waals surface area contributed by atoms with E-state index in [4.69, 9.17) is 18.9 Å². The van der Waals surface area contributed by atoms with Gasteiger partial charge >= 0.3 is 5.97 Å². The van der Waals surface area contributed by atoms with Crippen molar-refractivity contribution in [1.82, 2.24) is 4.57 Å². The molecule has 2 heterocycles. The van der Waals surface area contributed by atoms with Gasteiger partial charge in [0, 0.05) is 17.0 Å². The Morgan fingerprint density at radius 3 is 2.48 bits per heavy atom. The number of thiazole rings is 1. The molecule has 206 valence electrons. The summed E-state index contributed by atoms with van der Waals surface area (Å²) >= 11 is 1.28. The minimum atomic E-state index is -0.796. The van der Waals surface area contributed by atoms with Gasteiger partial charge < -0.3 is 18.9 Å².